The van der Waals surface area contributed by atoms with Crippen molar-refractivity contribution in [3.05, 3.63) is 77.5 Å². The van der Waals surface area contributed by atoms with Crippen LogP contribution in [0.1, 0.15) is 24.8 Å². The number of benzene rings is 2. The minimum atomic E-state index is -0.651. The fourth-order valence-corrected chi connectivity index (χ4v) is 3.52. The largest absolute Gasteiger partial charge is 0.488 e. The Kier molecular flexibility index (Phi) is 7.99. The number of allylic oxidation sites excluding steroid dienone is 2. The van der Waals surface area contributed by atoms with Crippen LogP contribution in [-0.2, 0) is 16.0 Å². The molecule has 1 heterocycles. The third-order valence-corrected chi connectivity index (χ3v) is 5.39. The van der Waals surface area contributed by atoms with E-state index in [9.17, 15) is 13.6 Å². The van der Waals surface area contributed by atoms with Crippen molar-refractivity contribution in [1.29, 1.82) is 0 Å². The van der Waals surface area contributed by atoms with Crippen LogP contribution in [0.25, 0.3) is 0 Å². The van der Waals surface area contributed by atoms with Crippen LogP contribution < -0.4 is 15.4 Å². The first-order valence-electron chi connectivity index (χ1n) is 11.3. The summed E-state index contributed by atoms with van der Waals surface area (Å²) < 4.78 is 38.9. The molecule has 3 aromatic rings. The van der Waals surface area contributed by atoms with Crippen LogP contribution in [0.3, 0.4) is 0 Å². The molecule has 1 aliphatic carbocycles. The van der Waals surface area contributed by atoms with Gasteiger partial charge in [-0.05, 0) is 42.7 Å². The molecule has 0 unspecified atom stereocenters. The second-order valence-electron chi connectivity index (χ2n) is 8.12. The molecule has 0 atom stereocenters. The number of ketones is 1. The number of carbonyl (C=O) groups is 1. The summed E-state index contributed by atoms with van der Waals surface area (Å²) in [7, 11) is 1.53. The maximum Gasteiger partial charge on any atom is 0.229 e. The van der Waals surface area contributed by atoms with Gasteiger partial charge in [0.25, 0.3) is 0 Å². The van der Waals surface area contributed by atoms with Crippen LogP contribution in [0.5, 0.6) is 5.75 Å². The summed E-state index contributed by atoms with van der Waals surface area (Å²) >= 11 is 0. The van der Waals surface area contributed by atoms with E-state index in [1.807, 2.05) is 6.07 Å². The van der Waals surface area contributed by atoms with Crippen molar-refractivity contribution in [3.8, 4) is 5.75 Å². The van der Waals surface area contributed by atoms with Crippen molar-refractivity contribution in [2.45, 2.75) is 25.7 Å². The van der Waals surface area contributed by atoms with E-state index < -0.39 is 11.6 Å². The average molecular weight is 481 g/mol. The highest BCUT2D eigenvalue weighted by Crippen LogP contribution is 2.25. The topological polar surface area (TPSA) is 85.4 Å². The van der Waals surface area contributed by atoms with E-state index in [0.29, 0.717) is 30.8 Å². The monoisotopic (exact) mass is 480 g/mol. The van der Waals surface area contributed by atoms with E-state index in [1.54, 1.807) is 24.3 Å². The number of Topliss-reactive ketones (excluding diaryl/α,β-unsaturated/α-hetero) is 1. The molecule has 1 aromatic heterocycles. The normalized spacial score (nSPS) is 12.5. The smallest absolute Gasteiger partial charge is 0.229 e. The predicted molar refractivity (Wildman–Crippen MR) is 129 cm³/mol. The zero-order valence-corrected chi connectivity index (χ0v) is 19.3. The van der Waals surface area contributed by atoms with Crippen LogP contribution in [0.15, 0.2) is 60.3 Å². The van der Waals surface area contributed by atoms with E-state index in [4.69, 9.17) is 9.47 Å². The summed E-state index contributed by atoms with van der Waals surface area (Å²) in [6, 6.07) is 11.5. The van der Waals surface area contributed by atoms with Gasteiger partial charge in [-0.3, -0.25) is 4.79 Å². The van der Waals surface area contributed by atoms with E-state index in [1.165, 1.54) is 24.8 Å². The summed E-state index contributed by atoms with van der Waals surface area (Å²) in [4.78, 5) is 20.4. The van der Waals surface area contributed by atoms with Gasteiger partial charge in [0, 0.05) is 37.4 Å². The number of carbonyl (C=O) groups excluding carboxylic acids is 1. The van der Waals surface area contributed by atoms with Gasteiger partial charge in [0.2, 0.25) is 5.95 Å². The van der Waals surface area contributed by atoms with Crippen molar-refractivity contribution >= 4 is 28.9 Å². The number of hydrogen-bond acceptors (Lipinski definition) is 7. The van der Waals surface area contributed by atoms with Gasteiger partial charge >= 0.3 is 0 Å². The van der Waals surface area contributed by atoms with Crippen molar-refractivity contribution in [2.24, 2.45) is 0 Å². The van der Waals surface area contributed by atoms with Gasteiger partial charge in [-0.25, -0.2) is 13.8 Å². The molecule has 9 heteroatoms. The van der Waals surface area contributed by atoms with Crippen molar-refractivity contribution in [3.63, 3.8) is 0 Å². The zero-order chi connectivity index (χ0) is 24.6. The first-order valence-corrected chi connectivity index (χ1v) is 11.3. The highest BCUT2D eigenvalue weighted by molar-refractivity contribution is 5.83. The molecule has 0 saturated heterocycles. The lowest BCUT2D eigenvalue weighted by atomic mass is 9.92. The Morgan fingerprint density at radius 3 is 2.60 bits per heavy atom. The number of nitrogens with one attached hydrogen (secondary N) is 2. The van der Waals surface area contributed by atoms with Crippen LogP contribution in [0.2, 0.25) is 0 Å². The van der Waals surface area contributed by atoms with Gasteiger partial charge in [0.05, 0.1) is 12.8 Å². The fraction of sp³-hybridized carbons (Fsp3) is 0.269. The molecule has 0 radical (unpaired) electrons. The molecule has 0 fully saturated rings. The van der Waals surface area contributed by atoms with Gasteiger partial charge in [-0.15, -0.1) is 0 Å². The number of halogens is 2. The number of nitrogens with zero attached hydrogens (tertiary/aromatic N) is 2. The summed E-state index contributed by atoms with van der Waals surface area (Å²) in [5.74, 6) is -0.937. The first kappa shape index (κ1) is 24.3. The Morgan fingerprint density at radius 2 is 1.86 bits per heavy atom. The van der Waals surface area contributed by atoms with Crippen molar-refractivity contribution in [1.82, 2.24) is 9.97 Å². The Hall–Kier alpha value is -3.85. The molecular formula is C26H26F2N4O3. The summed E-state index contributed by atoms with van der Waals surface area (Å²) in [6.07, 6.45) is 5.95. The summed E-state index contributed by atoms with van der Waals surface area (Å²) in [5.41, 5.74) is 2.99. The molecule has 4 rings (SSSR count). The second kappa shape index (κ2) is 11.5. The Balaban J connectivity index is 1.41. The maximum atomic E-state index is 14.4. The summed E-state index contributed by atoms with van der Waals surface area (Å²) in [5, 5.41) is 5.79. The van der Waals surface area contributed by atoms with Crippen molar-refractivity contribution in [2.75, 3.05) is 31.0 Å². The molecule has 2 aromatic carbocycles. The van der Waals surface area contributed by atoms with E-state index in [-0.39, 0.29) is 29.9 Å². The lowest BCUT2D eigenvalue weighted by molar-refractivity contribution is -0.117. The second-order valence-corrected chi connectivity index (χ2v) is 8.12. The van der Waals surface area contributed by atoms with Gasteiger partial charge in [0.1, 0.15) is 12.4 Å². The van der Waals surface area contributed by atoms with Gasteiger partial charge in [-0.1, -0.05) is 23.8 Å². The molecule has 1 aliphatic rings. The molecule has 7 nitrogen and oxygen atoms in total. The lowest BCUT2D eigenvalue weighted by Crippen LogP contribution is -2.07. The van der Waals surface area contributed by atoms with E-state index in [0.717, 1.165) is 24.6 Å². The third kappa shape index (κ3) is 6.83. The quantitative estimate of drug-likeness (QED) is 0.262. The Labute approximate surface area is 202 Å². The fourth-order valence-electron chi connectivity index (χ4n) is 3.52. The Morgan fingerprint density at radius 1 is 1.03 bits per heavy atom. The van der Waals surface area contributed by atoms with Crippen molar-refractivity contribution < 1.29 is 23.0 Å². The number of rotatable bonds is 12. The molecule has 182 valence electrons. The first-order chi connectivity index (χ1) is 17.0. The maximum absolute atomic E-state index is 14.4. The summed E-state index contributed by atoms with van der Waals surface area (Å²) in [6.45, 7) is 0.569. The van der Waals surface area contributed by atoms with Crippen LogP contribution in [0, 0.1) is 11.6 Å². The van der Waals surface area contributed by atoms with Gasteiger partial charge < -0.3 is 20.1 Å². The molecule has 0 amide bonds. The molecular weight excluding hydrogens is 454 g/mol. The highest BCUT2D eigenvalue weighted by atomic mass is 19.1. The standard InChI is InChI=1S/C26H26F2N4O3/c1-34-10-11-35-24-9-8-20(15-22(24)27)31-26-29-16-23(28)25(32-26)30-19-7-3-6-18(12-19)14-21(33)13-17-4-2-5-17/h3-4,6-9,12,15-16H,2,5,10-11,13-14H2,1H3,(H2,29,30,31,32). The average Bonchev–Trinajstić information content (AvgIpc) is 2.80. The number of methoxy groups -OCH3 is 1. The predicted octanol–water partition coefficient (Wildman–Crippen LogP) is 5.49. The van der Waals surface area contributed by atoms with E-state index >= 15 is 0 Å². The Bertz CT molecular complexity index is 1230. The zero-order valence-electron chi connectivity index (χ0n) is 19.3. The van der Waals surface area contributed by atoms with Crippen LogP contribution in [0.4, 0.5) is 31.9 Å². The molecule has 0 aliphatic heterocycles. The molecule has 2 N–H and O–H groups in total. The number of ether oxygens (including phenoxy) is 2. The minimum absolute atomic E-state index is 0.0504. The number of aromatic nitrogens is 2. The molecule has 0 bridgehead atoms. The third-order valence-electron chi connectivity index (χ3n) is 5.39. The van der Waals surface area contributed by atoms with Gasteiger partial charge in [-0.2, -0.15) is 4.98 Å². The SMILES string of the molecule is COCCOc1ccc(Nc2ncc(F)c(Nc3cccc(CC(=O)CC4=CCC4)c3)n2)cc1F. The number of anilines is 4. The molecule has 0 saturated carbocycles. The molecule has 0 spiro atoms. The highest BCUT2D eigenvalue weighted by Gasteiger charge is 2.13. The van der Waals surface area contributed by atoms with Crippen LogP contribution >= 0.6 is 0 Å². The van der Waals surface area contributed by atoms with Crippen LogP contribution in [-0.4, -0.2) is 36.1 Å². The number of hydrogen-bond donors (Lipinski definition) is 2. The lowest BCUT2D eigenvalue weighted by Gasteiger charge is -2.13. The molecule has 35 heavy (non-hydrogen) atoms. The van der Waals surface area contributed by atoms with E-state index in [2.05, 4.69) is 26.7 Å². The minimum Gasteiger partial charge on any atom is -0.488 e. The van der Waals surface area contributed by atoms with Gasteiger partial charge in [0.15, 0.2) is 23.2 Å².